The number of hydrogen-bond donors (Lipinski definition) is 2. The van der Waals surface area contributed by atoms with Crippen LogP contribution in [-0.2, 0) is 0 Å². The summed E-state index contributed by atoms with van der Waals surface area (Å²) in [6.07, 6.45) is 1.52. The molecule has 2 N–H and O–H groups in total. The second-order valence-electron chi connectivity index (χ2n) is 5.36. The van der Waals surface area contributed by atoms with Gasteiger partial charge in [-0.15, -0.1) is 0 Å². The molecule has 0 unspecified atom stereocenters. The van der Waals surface area contributed by atoms with E-state index in [0.717, 1.165) is 22.2 Å². The zero-order chi connectivity index (χ0) is 18.0. The first-order valence-corrected chi connectivity index (χ1v) is 7.77. The second kappa shape index (κ2) is 6.82. The van der Waals surface area contributed by atoms with E-state index in [-0.39, 0.29) is 5.69 Å². The van der Waals surface area contributed by atoms with Crippen molar-refractivity contribution in [3.63, 3.8) is 0 Å². The Hall–Kier alpha value is -3.06. The number of hydrogen-bond acceptors (Lipinski definition) is 5. The van der Waals surface area contributed by atoms with Crippen LogP contribution in [0.3, 0.4) is 0 Å². The Kier molecular flexibility index (Phi) is 4.58. The first-order valence-electron chi connectivity index (χ1n) is 7.39. The molecule has 7 nitrogen and oxygen atoms in total. The summed E-state index contributed by atoms with van der Waals surface area (Å²) in [5.41, 5.74) is 5.44. The lowest BCUT2D eigenvalue weighted by Gasteiger charge is -2.04. The van der Waals surface area contributed by atoms with Crippen LogP contribution in [0.2, 0.25) is 5.15 Å². The quantitative estimate of drug-likeness (QED) is 0.399. The summed E-state index contributed by atoms with van der Waals surface area (Å²) in [5, 5.41) is 16.4. The molecule has 8 heteroatoms. The third-order valence-electron chi connectivity index (χ3n) is 3.79. The number of nitrogens with one attached hydrogen (secondary N) is 2. The Morgan fingerprint density at radius 2 is 2.12 bits per heavy atom. The predicted octanol–water partition coefficient (Wildman–Crippen LogP) is 4.49. The van der Waals surface area contributed by atoms with Crippen LogP contribution in [0.5, 0.6) is 5.75 Å². The number of rotatable bonds is 5. The van der Waals surface area contributed by atoms with Crippen LogP contribution >= 0.6 is 11.6 Å². The number of ether oxygens (including phenoxy) is 1. The van der Waals surface area contributed by atoms with Crippen molar-refractivity contribution in [3.05, 3.63) is 62.8 Å². The minimum Gasteiger partial charge on any atom is -0.496 e. The standard InChI is InChI=1S/C17H15ClN4O3/c1-10-7-14-11(8-16(10)25-2)12(17(18)20-14)9-19-21-13-5-3-4-6-15(13)22(23)24/h3-9,20-21H,1-2H3/b19-9+. The SMILES string of the molecule is COc1cc2c(/C=N/Nc3ccccc3[N+](=O)[O-])c(Cl)[nH]c2cc1C. The van der Waals surface area contributed by atoms with Gasteiger partial charge < -0.3 is 9.72 Å². The Labute approximate surface area is 148 Å². The van der Waals surface area contributed by atoms with Gasteiger partial charge in [0.05, 0.1) is 18.2 Å². The molecule has 2 aromatic carbocycles. The maximum Gasteiger partial charge on any atom is 0.294 e. The van der Waals surface area contributed by atoms with E-state index in [9.17, 15) is 10.1 Å². The largest absolute Gasteiger partial charge is 0.496 e. The van der Waals surface area contributed by atoms with E-state index < -0.39 is 4.92 Å². The van der Waals surface area contributed by atoms with Gasteiger partial charge in [-0.3, -0.25) is 15.5 Å². The lowest BCUT2D eigenvalue weighted by atomic mass is 10.1. The Balaban J connectivity index is 1.94. The summed E-state index contributed by atoms with van der Waals surface area (Å²) >= 11 is 6.26. The zero-order valence-electron chi connectivity index (χ0n) is 13.5. The van der Waals surface area contributed by atoms with Gasteiger partial charge in [-0.1, -0.05) is 23.7 Å². The lowest BCUT2D eigenvalue weighted by Crippen LogP contribution is -1.96. The van der Waals surface area contributed by atoms with Crippen molar-refractivity contribution in [2.45, 2.75) is 6.92 Å². The van der Waals surface area contributed by atoms with Crippen molar-refractivity contribution in [1.29, 1.82) is 0 Å². The fourth-order valence-corrected chi connectivity index (χ4v) is 2.81. The van der Waals surface area contributed by atoms with Crippen molar-refractivity contribution in [3.8, 4) is 5.75 Å². The maximum atomic E-state index is 11.0. The molecule has 25 heavy (non-hydrogen) atoms. The minimum absolute atomic E-state index is 0.0537. The monoisotopic (exact) mass is 358 g/mol. The fourth-order valence-electron chi connectivity index (χ4n) is 2.56. The molecule has 0 radical (unpaired) electrons. The molecule has 0 amide bonds. The van der Waals surface area contributed by atoms with Crippen molar-refractivity contribution in [2.75, 3.05) is 12.5 Å². The summed E-state index contributed by atoms with van der Waals surface area (Å²) in [7, 11) is 1.60. The van der Waals surface area contributed by atoms with Crippen LogP contribution < -0.4 is 10.2 Å². The normalized spacial score (nSPS) is 11.2. The van der Waals surface area contributed by atoms with E-state index in [4.69, 9.17) is 16.3 Å². The number of anilines is 1. The van der Waals surface area contributed by atoms with Gasteiger partial charge in [-0.05, 0) is 30.7 Å². The van der Waals surface area contributed by atoms with Gasteiger partial charge in [-0.2, -0.15) is 5.10 Å². The molecule has 0 aliphatic carbocycles. The third-order valence-corrected chi connectivity index (χ3v) is 4.08. The number of hydrazone groups is 1. The summed E-state index contributed by atoms with van der Waals surface area (Å²) in [5.74, 6) is 0.740. The fraction of sp³-hybridized carbons (Fsp3) is 0.118. The summed E-state index contributed by atoms with van der Waals surface area (Å²) < 4.78 is 5.34. The van der Waals surface area contributed by atoms with E-state index in [0.29, 0.717) is 16.4 Å². The molecule has 0 bridgehead atoms. The number of aromatic nitrogens is 1. The second-order valence-corrected chi connectivity index (χ2v) is 5.74. The van der Waals surface area contributed by atoms with Crippen LogP contribution in [0.1, 0.15) is 11.1 Å². The Morgan fingerprint density at radius 1 is 1.36 bits per heavy atom. The number of methoxy groups -OCH3 is 1. The van der Waals surface area contributed by atoms with E-state index in [1.165, 1.54) is 12.3 Å². The van der Waals surface area contributed by atoms with Crippen molar-refractivity contribution in [2.24, 2.45) is 5.10 Å². The first kappa shape index (κ1) is 16.8. The predicted molar refractivity (Wildman–Crippen MR) is 98.9 cm³/mol. The number of aromatic amines is 1. The average molecular weight is 359 g/mol. The Bertz CT molecular complexity index is 981. The molecule has 0 spiro atoms. The van der Waals surface area contributed by atoms with E-state index >= 15 is 0 Å². The average Bonchev–Trinajstić information content (AvgIpc) is 2.89. The Morgan fingerprint density at radius 3 is 2.84 bits per heavy atom. The highest BCUT2D eigenvalue weighted by Crippen LogP contribution is 2.31. The van der Waals surface area contributed by atoms with Gasteiger partial charge in [0.1, 0.15) is 16.6 Å². The van der Waals surface area contributed by atoms with Gasteiger partial charge in [-0.25, -0.2) is 0 Å². The van der Waals surface area contributed by atoms with Crippen LogP contribution in [0.15, 0.2) is 41.5 Å². The highest BCUT2D eigenvalue weighted by atomic mass is 35.5. The van der Waals surface area contributed by atoms with Crippen molar-refractivity contribution >= 4 is 40.1 Å². The number of H-pyrrole nitrogens is 1. The number of benzene rings is 2. The van der Waals surface area contributed by atoms with Gasteiger partial charge in [0, 0.05) is 22.5 Å². The van der Waals surface area contributed by atoms with Crippen LogP contribution in [0.4, 0.5) is 11.4 Å². The molecule has 3 aromatic rings. The third kappa shape index (κ3) is 3.27. The molecule has 0 saturated carbocycles. The number of halogens is 1. The minimum atomic E-state index is -0.468. The molecular weight excluding hydrogens is 344 g/mol. The van der Waals surface area contributed by atoms with Crippen LogP contribution in [-0.4, -0.2) is 23.2 Å². The van der Waals surface area contributed by atoms with Gasteiger partial charge in [0.2, 0.25) is 0 Å². The molecule has 128 valence electrons. The molecule has 0 atom stereocenters. The number of nitro groups is 1. The van der Waals surface area contributed by atoms with Crippen LogP contribution in [0, 0.1) is 17.0 Å². The lowest BCUT2D eigenvalue weighted by molar-refractivity contribution is -0.384. The van der Waals surface area contributed by atoms with Gasteiger partial charge in [0.25, 0.3) is 5.69 Å². The van der Waals surface area contributed by atoms with Crippen molar-refractivity contribution < 1.29 is 9.66 Å². The first-order chi connectivity index (χ1) is 12.0. The summed E-state index contributed by atoms with van der Waals surface area (Å²) in [6.45, 7) is 1.94. The highest BCUT2D eigenvalue weighted by molar-refractivity contribution is 6.34. The highest BCUT2D eigenvalue weighted by Gasteiger charge is 2.13. The number of nitrogens with zero attached hydrogens (tertiary/aromatic N) is 2. The van der Waals surface area contributed by atoms with E-state index in [1.807, 2.05) is 19.1 Å². The maximum absolute atomic E-state index is 11.0. The molecule has 3 rings (SSSR count). The van der Waals surface area contributed by atoms with Gasteiger partial charge >= 0.3 is 0 Å². The topological polar surface area (TPSA) is 92.5 Å². The molecule has 0 fully saturated rings. The smallest absolute Gasteiger partial charge is 0.294 e. The molecule has 0 aliphatic heterocycles. The molecular formula is C17H15ClN4O3. The van der Waals surface area contributed by atoms with E-state index in [2.05, 4.69) is 15.5 Å². The summed E-state index contributed by atoms with van der Waals surface area (Å²) in [4.78, 5) is 13.6. The number of aryl methyl sites for hydroxylation is 1. The number of para-hydroxylation sites is 2. The molecule has 0 aliphatic rings. The van der Waals surface area contributed by atoms with E-state index in [1.54, 1.807) is 25.3 Å². The summed E-state index contributed by atoms with van der Waals surface area (Å²) in [6, 6.07) is 10.1. The molecule has 1 heterocycles. The molecule has 0 saturated heterocycles. The number of fused-ring (bicyclic) bond motifs is 1. The van der Waals surface area contributed by atoms with Gasteiger partial charge in [0.15, 0.2) is 0 Å². The van der Waals surface area contributed by atoms with Crippen molar-refractivity contribution in [1.82, 2.24) is 4.98 Å². The van der Waals surface area contributed by atoms with Crippen LogP contribution in [0.25, 0.3) is 10.9 Å². The molecule has 1 aromatic heterocycles. The zero-order valence-corrected chi connectivity index (χ0v) is 14.3. The number of nitro benzene ring substituents is 1.